The van der Waals surface area contributed by atoms with Crippen LogP contribution in [-0.4, -0.2) is 41.9 Å². The third-order valence-corrected chi connectivity index (χ3v) is 2.95. The summed E-state index contributed by atoms with van der Waals surface area (Å²) in [5, 5.41) is 7.47. The molecule has 0 amide bonds. The predicted octanol–water partition coefficient (Wildman–Crippen LogP) is 1.19. The Hall–Kier alpha value is -1.03. The summed E-state index contributed by atoms with van der Waals surface area (Å²) in [6.07, 6.45) is 6.40. The highest BCUT2D eigenvalue weighted by molar-refractivity contribution is 5.36. The molecule has 1 aromatic heterocycles. The molecule has 1 aliphatic rings. The Morgan fingerprint density at radius 1 is 1.43 bits per heavy atom. The summed E-state index contributed by atoms with van der Waals surface area (Å²) < 4.78 is 2.10. The number of aromatic nitrogens is 2. The molecule has 0 saturated carbocycles. The molecular formula is C10H18N4. The Morgan fingerprint density at radius 3 is 2.71 bits per heavy atom. The monoisotopic (exact) mass is 194 g/mol. The number of rotatable bonds is 2. The smallest absolute Gasteiger partial charge is 0.0724 e. The minimum absolute atomic E-state index is 0.591. The van der Waals surface area contributed by atoms with Crippen molar-refractivity contribution in [3.8, 4) is 0 Å². The summed E-state index contributed by atoms with van der Waals surface area (Å²) in [5.41, 5.74) is 1.10. The zero-order valence-electron chi connectivity index (χ0n) is 8.90. The van der Waals surface area contributed by atoms with E-state index in [-0.39, 0.29) is 0 Å². The zero-order valence-corrected chi connectivity index (χ0v) is 8.90. The van der Waals surface area contributed by atoms with Gasteiger partial charge in [-0.3, -0.25) is 4.68 Å². The second-order valence-corrected chi connectivity index (χ2v) is 3.99. The molecule has 78 valence electrons. The van der Waals surface area contributed by atoms with Crippen LogP contribution >= 0.6 is 0 Å². The standard InChI is InChI=1S/C10H18N4/c1-11-9-7-12-14(8-9)10-3-5-13(2)6-4-10/h7-8,10-11H,3-6H2,1-2H3. The van der Waals surface area contributed by atoms with Gasteiger partial charge in [0.1, 0.15) is 0 Å². The summed E-state index contributed by atoms with van der Waals surface area (Å²) in [6.45, 7) is 2.36. The van der Waals surface area contributed by atoms with Crippen LogP contribution in [0.1, 0.15) is 18.9 Å². The van der Waals surface area contributed by atoms with Crippen molar-refractivity contribution in [2.75, 3.05) is 32.5 Å². The van der Waals surface area contributed by atoms with Gasteiger partial charge in [0, 0.05) is 13.2 Å². The summed E-state index contributed by atoms with van der Waals surface area (Å²) in [6, 6.07) is 0.591. The molecule has 2 rings (SSSR count). The second-order valence-electron chi connectivity index (χ2n) is 3.99. The first-order chi connectivity index (χ1) is 6.79. The van der Waals surface area contributed by atoms with Crippen LogP contribution < -0.4 is 5.32 Å². The number of nitrogens with zero attached hydrogens (tertiary/aromatic N) is 3. The third-order valence-electron chi connectivity index (χ3n) is 2.95. The van der Waals surface area contributed by atoms with Gasteiger partial charge in [-0.1, -0.05) is 0 Å². The fraction of sp³-hybridized carbons (Fsp3) is 0.700. The lowest BCUT2D eigenvalue weighted by atomic mass is 10.1. The average Bonchev–Trinajstić information content (AvgIpc) is 2.67. The van der Waals surface area contributed by atoms with E-state index in [2.05, 4.69) is 33.2 Å². The van der Waals surface area contributed by atoms with Crippen LogP contribution in [0.4, 0.5) is 5.69 Å². The largest absolute Gasteiger partial charge is 0.386 e. The summed E-state index contributed by atoms with van der Waals surface area (Å²) >= 11 is 0. The first kappa shape index (κ1) is 9.52. The fourth-order valence-electron chi connectivity index (χ4n) is 1.93. The van der Waals surface area contributed by atoms with Crippen molar-refractivity contribution in [2.24, 2.45) is 0 Å². The molecular weight excluding hydrogens is 176 g/mol. The Kier molecular flexibility index (Phi) is 2.72. The van der Waals surface area contributed by atoms with Crippen LogP contribution in [-0.2, 0) is 0 Å². The van der Waals surface area contributed by atoms with Gasteiger partial charge in [0.15, 0.2) is 0 Å². The molecule has 0 bridgehead atoms. The van der Waals surface area contributed by atoms with E-state index in [9.17, 15) is 0 Å². The van der Waals surface area contributed by atoms with Crippen LogP contribution in [0.2, 0.25) is 0 Å². The van der Waals surface area contributed by atoms with E-state index in [1.807, 2.05) is 13.2 Å². The van der Waals surface area contributed by atoms with Gasteiger partial charge in [0.25, 0.3) is 0 Å². The number of hydrogen-bond donors (Lipinski definition) is 1. The van der Waals surface area contributed by atoms with E-state index in [0.717, 1.165) is 5.69 Å². The second kappa shape index (κ2) is 4.00. The highest BCUT2D eigenvalue weighted by Gasteiger charge is 2.18. The van der Waals surface area contributed by atoms with Crippen LogP contribution in [0.3, 0.4) is 0 Å². The van der Waals surface area contributed by atoms with Crippen LogP contribution in [0, 0.1) is 0 Å². The van der Waals surface area contributed by atoms with E-state index in [4.69, 9.17) is 0 Å². The van der Waals surface area contributed by atoms with Crippen molar-refractivity contribution in [1.82, 2.24) is 14.7 Å². The van der Waals surface area contributed by atoms with Gasteiger partial charge in [0.05, 0.1) is 17.9 Å². The van der Waals surface area contributed by atoms with Gasteiger partial charge in [-0.25, -0.2) is 0 Å². The van der Waals surface area contributed by atoms with Crippen LogP contribution in [0.25, 0.3) is 0 Å². The maximum atomic E-state index is 4.37. The Balaban J connectivity index is 2.01. The quantitative estimate of drug-likeness (QED) is 0.767. The molecule has 1 aromatic rings. The van der Waals surface area contributed by atoms with Crippen molar-refractivity contribution in [1.29, 1.82) is 0 Å². The maximum absolute atomic E-state index is 4.37. The summed E-state index contributed by atoms with van der Waals surface area (Å²) in [5.74, 6) is 0. The van der Waals surface area contributed by atoms with Crippen molar-refractivity contribution in [2.45, 2.75) is 18.9 Å². The molecule has 0 aromatic carbocycles. The highest BCUT2D eigenvalue weighted by Crippen LogP contribution is 2.21. The Labute approximate surface area is 84.9 Å². The van der Waals surface area contributed by atoms with E-state index >= 15 is 0 Å². The lowest BCUT2D eigenvalue weighted by Gasteiger charge is -2.28. The number of hydrogen-bond acceptors (Lipinski definition) is 3. The van der Waals surface area contributed by atoms with E-state index < -0.39 is 0 Å². The third kappa shape index (κ3) is 1.90. The minimum Gasteiger partial charge on any atom is -0.386 e. The molecule has 0 spiro atoms. The topological polar surface area (TPSA) is 33.1 Å². The van der Waals surface area contributed by atoms with Gasteiger partial charge in [0.2, 0.25) is 0 Å². The van der Waals surface area contributed by atoms with E-state index in [1.165, 1.54) is 25.9 Å². The molecule has 0 atom stereocenters. The van der Waals surface area contributed by atoms with Gasteiger partial charge in [-0.2, -0.15) is 5.10 Å². The average molecular weight is 194 g/mol. The zero-order chi connectivity index (χ0) is 9.97. The lowest BCUT2D eigenvalue weighted by Crippen LogP contribution is -2.31. The van der Waals surface area contributed by atoms with Crippen molar-refractivity contribution in [3.05, 3.63) is 12.4 Å². The number of nitrogens with one attached hydrogen (secondary N) is 1. The van der Waals surface area contributed by atoms with Crippen molar-refractivity contribution < 1.29 is 0 Å². The minimum atomic E-state index is 0.591. The molecule has 4 nitrogen and oxygen atoms in total. The lowest BCUT2D eigenvalue weighted by molar-refractivity contribution is 0.212. The predicted molar refractivity (Wildman–Crippen MR) is 57.5 cm³/mol. The normalized spacial score (nSPS) is 19.9. The molecule has 0 aliphatic carbocycles. The van der Waals surface area contributed by atoms with Crippen LogP contribution in [0.5, 0.6) is 0 Å². The first-order valence-electron chi connectivity index (χ1n) is 5.20. The van der Waals surface area contributed by atoms with Crippen molar-refractivity contribution >= 4 is 5.69 Å². The van der Waals surface area contributed by atoms with Crippen LogP contribution in [0.15, 0.2) is 12.4 Å². The molecule has 14 heavy (non-hydrogen) atoms. The Bertz CT molecular complexity index is 286. The number of likely N-dealkylation sites (tertiary alicyclic amines) is 1. The van der Waals surface area contributed by atoms with E-state index in [0.29, 0.717) is 6.04 Å². The molecule has 4 heteroatoms. The van der Waals surface area contributed by atoms with E-state index in [1.54, 1.807) is 0 Å². The molecule has 0 radical (unpaired) electrons. The highest BCUT2D eigenvalue weighted by atomic mass is 15.3. The molecule has 1 saturated heterocycles. The number of piperidine rings is 1. The van der Waals surface area contributed by atoms with Gasteiger partial charge >= 0.3 is 0 Å². The molecule has 1 N–H and O–H groups in total. The van der Waals surface area contributed by atoms with Gasteiger partial charge in [-0.15, -0.1) is 0 Å². The van der Waals surface area contributed by atoms with Crippen molar-refractivity contribution in [3.63, 3.8) is 0 Å². The number of anilines is 1. The molecule has 0 unspecified atom stereocenters. The first-order valence-corrected chi connectivity index (χ1v) is 5.20. The maximum Gasteiger partial charge on any atom is 0.0724 e. The van der Waals surface area contributed by atoms with Gasteiger partial charge in [-0.05, 0) is 33.0 Å². The molecule has 2 heterocycles. The fourth-order valence-corrected chi connectivity index (χ4v) is 1.93. The molecule has 1 aliphatic heterocycles. The summed E-state index contributed by atoms with van der Waals surface area (Å²) in [7, 11) is 4.11. The summed E-state index contributed by atoms with van der Waals surface area (Å²) in [4.78, 5) is 2.37. The van der Waals surface area contributed by atoms with Gasteiger partial charge < -0.3 is 10.2 Å². The molecule has 1 fully saturated rings. The SMILES string of the molecule is CNc1cnn(C2CCN(C)CC2)c1. The Morgan fingerprint density at radius 2 is 2.14 bits per heavy atom.